The number of nitrogens with one attached hydrogen (secondary N) is 6. The number of aromatic nitrogens is 6. The van der Waals surface area contributed by atoms with E-state index < -0.39 is 30.2 Å². The topological polar surface area (TPSA) is 225 Å². The number of hydrogen-bond acceptors (Lipinski definition) is 12. The number of nitrogens with zero attached hydrogens (tertiary/aromatic N) is 8. The summed E-state index contributed by atoms with van der Waals surface area (Å²) in [6.45, 7) is 13.8. The molecule has 2 aliphatic heterocycles. The van der Waals surface area contributed by atoms with E-state index in [-0.39, 0.29) is 59.7 Å². The second-order valence-electron chi connectivity index (χ2n) is 22.4. The molecule has 2 aromatic heterocycles. The lowest BCUT2D eigenvalue weighted by atomic mass is 10.0. The van der Waals surface area contributed by atoms with Crippen LogP contribution in [0.2, 0.25) is 0 Å². The number of amides is 5. The summed E-state index contributed by atoms with van der Waals surface area (Å²) in [4.78, 5) is 72.1. The molecule has 2 saturated heterocycles. The highest BCUT2D eigenvalue weighted by Gasteiger charge is 2.43. The molecule has 438 valence electrons. The first-order valence-electron chi connectivity index (χ1n) is 29.8. The Hall–Kier alpha value is -6.83. The molecule has 7 rings (SSSR count). The van der Waals surface area contributed by atoms with E-state index in [1.807, 2.05) is 103 Å². The second kappa shape index (κ2) is 30.8. The van der Waals surface area contributed by atoms with Gasteiger partial charge in [-0.05, 0) is 141 Å². The minimum Gasteiger partial charge on any atom is -0.351 e. The second-order valence-corrected chi connectivity index (χ2v) is 22.4. The van der Waals surface area contributed by atoms with E-state index in [4.69, 9.17) is 0 Å². The van der Waals surface area contributed by atoms with Gasteiger partial charge in [0.05, 0.1) is 42.6 Å². The van der Waals surface area contributed by atoms with Gasteiger partial charge in [0.1, 0.15) is 23.5 Å². The molecule has 2 unspecified atom stereocenters. The summed E-state index contributed by atoms with van der Waals surface area (Å²) in [5, 5.41) is 36.8. The van der Waals surface area contributed by atoms with Crippen molar-refractivity contribution in [1.82, 2.24) is 71.7 Å². The highest BCUT2D eigenvalue weighted by molar-refractivity contribution is 5.94. The summed E-state index contributed by atoms with van der Waals surface area (Å²) >= 11 is 0. The van der Waals surface area contributed by atoms with Gasteiger partial charge in [0.25, 0.3) is 0 Å². The van der Waals surface area contributed by atoms with Gasteiger partial charge in [-0.3, -0.25) is 38.2 Å². The van der Waals surface area contributed by atoms with Gasteiger partial charge in [0.2, 0.25) is 29.5 Å². The monoisotopic (exact) mass is 1110 g/mol. The molecule has 2 fully saturated rings. The first-order valence-corrected chi connectivity index (χ1v) is 29.8. The van der Waals surface area contributed by atoms with Gasteiger partial charge < -0.3 is 36.8 Å². The normalized spacial score (nSPS) is 19.5. The highest BCUT2D eigenvalue weighted by Crippen LogP contribution is 2.30. The number of likely N-dealkylation sites (tertiary alicyclic amines) is 2. The van der Waals surface area contributed by atoms with Crippen LogP contribution in [0.5, 0.6) is 0 Å². The Bertz CT molecular complexity index is 2750. The molecule has 10 atom stereocenters. The lowest BCUT2D eigenvalue weighted by Gasteiger charge is -2.33. The zero-order chi connectivity index (χ0) is 57.8. The quantitative estimate of drug-likeness (QED) is 0.0268. The van der Waals surface area contributed by atoms with Crippen LogP contribution in [0.1, 0.15) is 164 Å². The van der Waals surface area contributed by atoms with Crippen LogP contribution in [0, 0.1) is 0 Å². The van der Waals surface area contributed by atoms with Crippen LogP contribution in [0.15, 0.2) is 97.3 Å². The summed E-state index contributed by atoms with van der Waals surface area (Å²) < 4.78 is 3.72. The summed E-state index contributed by atoms with van der Waals surface area (Å²) in [7, 11) is 3.49. The molecule has 0 saturated carbocycles. The van der Waals surface area contributed by atoms with Gasteiger partial charge in [0, 0.05) is 37.8 Å². The standard InChI is InChI=1S/C62H90N14O5/c1-9-21-50(65-58(77)44(5)63-7)39-75-42(3)29-35-54(75)60(79)67-56(48-25-13-11-14-26-48)52-40-73(71-69-52)37-19-17-23-46-31-33-47(34-32-46)24-18-20-38-74-41-53(70-72-74)57(49-27-15-12-16-28-49)68-61(80)55-36-30-43(4)76(55)62(81)51(22-10-2)66-59(78)45(6)64-8/h11-16,25-28,31-34,40-45,50-51,54-57,63-64H,9-10,17-24,29-30,35-39H2,1-8H3,(H,65,77)(H,66,78)(H,67,79)(H,68,80)/t42?,43?,44-,45-,50-,51-,54-,55-,56+,57+/m0/s1. The fourth-order valence-corrected chi connectivity index (χ4v) is 11.3. The van der Waals surface area contributed by atoms with Crippen LogP contribution in [0.4, 0.5) is 0 Å². The third-order valence-electron chi connectivity index (χ3n) is 16.4. The molecule has 3 aromatic carbocycles. The van der Waals surface area contributed by atoms with Gasteiger partial charge in [-0.25, -0.2) is 0 Å². The van der Waals surface area contributed by atoms with E-state index >= 15 is 0 Å². The lowest BCUT2D eigenvalue weighted by molar-refractivity contribution is -0.143. The van der Waals surface area contributed by atoms with Crippen molar-refractivity contribution in [3.8, 4) is 0 Å². The average Bonchev–Trinajstić information content (AvgIpc) is 4.40. The fraction of sp³-hybridized carbons (Fsp3) is 0.565. The van der Waals surface area contributed by atoms with Crippen LogP contribution in [0.3, 0.4) is 0 Å². The summed E-state index contributed by atoms with van der Waals surface area (Å²) in [6, 6.07) is 25.0. The van der Waals surface area contributed by atoms with Crippen molar-refractivity contribution in [3.63, 3.8) is 0 Å². The van der Waals surface area contributed by atoms with Crippen LogP contribution >= 0.6 is 0 Å². The molecule has 5 amide bonds. The van der Waals surface area contributed by atoms with Gasteiger partial charge in [-0.15, -0.1) is 10.2 Å². The zero-order valence-electron chi connectivity index (χ0n) is 49.2. The van der Waals surface area contributed by atoms with Crippen molar-refractivity contribution >= 4 is 29.5 Å². The van der Waals surface area contributed by atoms with E-state index in [9.17, 15) is 24.0 Å². The minimum absolute atomic E-state index is 0.0327. The van der Waals surface area contributed by atoms with Gasteiger partial charge in [0.15, 0.2) is 0 Å². The predicted octanol–water partition coefficient (Wildman–Crippen LogP) is 6.34. The molecular formula is C62H90N14O5. The number of likely N-dealkylation sites (N-methyl/N-ethyl adjacent to an activating group) is 2. The van der Waals surface area contributed by atoms with Gasteiger partial charge in [-0.1, -0.05) is 122 Å². The Labute approximate surface area is 479 Å². The molecule has 0 bridgehead atoms. The number of unbranched alkanes of at least 4 members (excludes halogenated alkanes) is 2. The molecule has 6 N–H and O–H groups in total. The molecule has 19 heteroatoms. The van der Waals surface area contributed by atoms with Crippen molar-refractivity contribution < 1.29 is 24.0 Å². The molecule has 5 aromatic rings. The molecule has 2 aliphatic rings. The summed E-state index contributed by atoms with van der Waals surface area (Å²) in [5.41, 5.74) is 5.69. The smallest absolute Gasteiger partial charge is 0.246 e. The highest BCUT2D eigenvalue weighted by atomic mass is 16.2. The molecule has 19 nitrogen and oxygen atoms in total. The number of hydrogen-bond donors (Lipinski definition) is 6. The molecule has 0 aliphatic carbocycles. The minimum atomic E-state index is -0.722. The Morgan fingerprint density at radius 2 is 1.04 bits per heavy atom. The largest absolute Gasteiger partial charge is 0.351 e. The third-order valence-corrected chi connectivity index (χ3v) is 16.4. The number of aryl methyl sites for hydroxylation is 4. The summed E-state index contributed by atoms with van der Waals surface area (Å²) in [5.74, 6) is -0.821. The number of carbonyl (C=O) groups is 5. The third kappa shape index (κ3) is 17.1. The van der Waals surface area contributed by atoms with Crippen LogP contribution in [-0.4, -0.2) is 138 Å². The van der Waals surface area contributed by atoms with Crippen LogP contribution < -0.4 is 31.9 Å². The fourth-order valence-electron chi connectivity index (χ4n) is 11.3. The SMILES string of the molecule is CCC[C@@H](CN1C(C)CC[C@H]1C(=O)N[C@H](c1ccccc1)c1cn(CCCCc2ccc(CCCCn3cc([C@H](NC(=O)[C@@H]4CCC(C)N4C(=O)[C@H](CCC)NC(=O)[C@H](C)NC)c4ccccc4)nn3)cc2)nn1)NC(=O)[C@H](C)NC. The van der Waals surface area contributed by atoms with E-state index in [0.717, 1.165) is 75.3 Å². The summed E-state index contributed by atoms with van der Waals surface area (Å²) in [6.07, 6.45) is 15.3. The first-order chi connectivity index (χ1) is 39.2. The van der Waals surface area contributed by atoms with Gasteiger partial charge in [-0.2, -0.15) is 0 Å². The van der Waals surface area contributed by atoms with E-state index in [0.29, 0.717) is 56.7 Å². The Morgan fingerprint density at radius 3 is 1.53 bits per heavy atom. The van der Waals surface area contributed by atoms with Crippen molar-refractivity contribution in [2.24, 2.45) is 0 Å². The van der Waals surface area contributed by atoms with Crippen molar-refractivity contribution in [1.29, 1.82) is 0 Å². The molecule has 4 heterocycles. The number of benzene rings is 3. The maximum absolute atomic E-state index is 14.2. The molecule has 0 radical (unpaired) electrons. The van der Waals surface area contributed by atoms with Crippen molar-refractivity contribution in [3.05, 3.63) is 131 Å². The molecular weight excluding hydrogens is 1020 g/mol. The molecule has 0 spiro atoms. The van der Waals surface area contributed by atoms with Crippen molar-refractivity contribution in [2.45, 2.75) is 205 Å². The predicted molar refractivity (Wildman–Crippen MR) is 314 cm³/mol. The van der Waals surface area contributed by atoms with E-state index in [1.165, 1.54) is 11.1 Å². The molecule has 81 heavy (non-hydrogen) atoms. The van der Waals surface area contributed by atoms with E-state index in [2.05, 4.69) is 95.5 Å². The van der Waals surface area contributed by atoms with Crippen LogP contribution in [-0.2, 0) is 49.9 Å². The van der Waals surface area contributed by atoms with Crippen LogP contribution in [0.25, 0.3) is 0 Å². The lowest BCUT2D eigenvalue weighted by Crippen LogP contribution is -2.57. The van der Waals surface area contributed by atoms with Gasteiger partial charge >= 0.3 is 0 Å². The number of rotatable bonds is 31. The average molecular weight is 1110 g/mol. The number of carbonyl (C=O) groups excluding carboxylic acids is 5. The first kappa shape index (κ1) is 61.8. The zero-order valence-corrected chi connectivity index (χ0v) is 49.2. The maximum Gasteiger partial charge on any atom is 0.246 e. The van der Waals surface area contributed by atoms with Crippen molar-refractivity contribution in [2.75, 3.05) is 20.6 Å². The Kier molecular flexibility index (Phi) is 23.5. The maximum atomic E-state index is 14.2. The Morgan fingerprint density at radius 1 is 0.568 bits per heavy atom. The Balaban J connectivity index is 0.870. The van der Waals surface area contributed by atoms with E-state index in [1.54, 1.807) is 25.9 Å².